The van der Waals surface area contributed by atoms with Crippen LogP contribution < -0.4 is 14.8 Å². The van der Waals surface area contributed by atoms with Crippen LogP contribution >= 0.6 is 0 Å². The molecule has 0 saturated heterocycles. The highest BCUT2D eigenvalue weighted by molar-refractivity contribution is 6.13. The minimum Gasteiger partial charge on any atom is -0.497 e. The largest absolute Gasteiger partial charge is 0.497 e. The number of hydrogen-bond acceptors (Lipinski definition) is 5. The van der Waals surface area contributed by atoms with Gasteiger partial charge in [-0.2, -0.15) is 5.10 Å². The summed E-state index contributed by atoms with van der Waals surface area (Å²) in [4.78, 5) is 17.9. The van der Waals surface area contributed by atoms with Crippen molar-refractivity contribution in [1.82, 2.24) is 14.8 Å². The Hall–Kier alpha value is -3.87. The molecule has 152 valence electrons. The lowest BCUT2D eigenvalue weighted by molar-refractivity contribution is 0.102. The molecular formula is C23H22N4O3. The van der Waals surface area contributed by atoms with E-state index >= 15 is 0 Å². The predicted molar refractivity (Wildman–Crippen MR) is 116 cm³/mol. The van der Waals surface area contributed by atoms with E-state index in [2.05, 4.69) is 15.4 Å². The van der Waals surface area contributed by atoms with Gasteiger partial charge in [0.05, 0.1) is 42.2 Å². The van der Waals surface area contributed by atoms with E-state index in [0.717, 1.165) is 22.5 Å². The molecule has 1 N–H and O–H groups in total. The van der Waals surface area contributed by atoms with E-state index in [1.54, 1.807) is 43.2 Å². The van der Waals surface area contributed by atoms with Crippen molar-refractivity contribution >= 4 is 22.6 Å². The monoisotopic (exact) mass is 402 g/mol. The van der Waals surface area contributed by atoms with Crippen molar-refractivity contribution in [3.05, 3.63) is 71.5 Å². The number of para-hydroxylation sites is 1. The number of nitrogens with one attached hydrogen (secondary N) is 1. The summed E-state index contributed by atoms with van der Waals surface area (Å²) < 4.78 is 12.4. The van der Waals surface area contributed by atoms with Gasteiger partial charge in [0, 0.05) is 11.8 Å². The molecule has 1 amide bonds. The second-order valence-electron chi connectivity index (χ2n) is 6.86. The van der Waals surface area contributed by atoms with Crippen LogP contribution in [0.5, 0.6) is 11.5 Å². The SMILES string of the molecule is COc1ccc(NC(=O)c2cc(C)nc3c2c(C)nn3-c2ccccc2)c(OC)c1. The van der Waals surface area contributed by atoms with E-state index < -0.39 is 0 Å². The molecule has 2 heterocycles. The Morgan fingerprint density at radius 2 is 1.77 bits per heavy atom. The maximum absolute atomic E-state index is 13.2. The predicted octanol–water partition coefficient (Wildman–Crippen LogP) is 4.31. The minimum absolute atomic E-state index is 0.260. The fourth-order valence-electron chi connectivity index (χ4n) is 3.43. The molecule has 2 aromatic carbocycles. The van der Waals surface area contributed by atoms with Gasteiger partial charge >= 0.3 is 0 Å². The van der Waals surface area contributed by atoms with Crippen LogP contribution in [-0.2, 0) is 0 Å². The molecule has 7 heteroatoms. The summed E-state index contributed by atoms with van der Waals surface area (Å²) in [6.45, 7) is 3.74. The minimum atomic E-state index is -0.260. The van der Waals surface area contributed by atoms with Crippen LogP contribution in [0, 0.1) is 13.8 Å². The fraction of sp³-hybridized carbons (Fsp3) is 0.174. The summed E-state index contributed by atoms with van der Waals surface area (Å²) in [6, 6.07) is 16.8. The van der Waals surface area contributed by atoms with E-state index in [1.807, 2.05) is 44.2 Å². The number of hydrogen-bond donors (Lipinski definition) is 1. The quantitative estimate of drug-likeness (QED) is 0.538. The van der Waals surface area contributed by atoms with E-state index in [4.69, 9.17) is 9.47 Å². The number of benzene rings is 2. The van der Waals surface area contributed by atoms with E-state index in [1.165, 1.54) is 0 Å². The number of ether oxygens (including phenoxy) is 2. The second kappa shape index (κ2) is 7.87. The standard InChI is InChI=1S/C23H22N4O3/c1-14-12-18(23(28)25-19-11-10-17(29-3)13-20(19)30-4)21-15(2)26-27(22(21)24-14)16-8-6-5-7-9-16/h5-13H,1-4H3,(H,25,28). The molecule has 30 heavy (non-hydrogen) atoms. The Labute approximate surface area is 174 Å². The van der Waals surface area contributed by atoms with Crippen LogP contribution in [0.4, 0.5) is 5.69 Å². The van der Waals surface area contributed by atoms with Crippen molar-refractivity contribution in [2.75, 3.05) is 19.5 Å². The van der Waals surface area contributed by atoms with Gasteiger partial charge in [-0.05, 0) is 44.2 Å². The number of carbonyl (C=O) groups excluding carboxylic acids is 1. The molecule has 2 aromatic heterocycles. The average Bonchev–Trinajstić information content (AvgIpc) is 3.10. The zero-order valence-corrected chi connectivity index (χ0v) is 17.3. The third kappa shape index (κ3) is 3.45. The Morgan fingerprint density at radius 3 is 2.47 bits per heavy atom. The van der Waals surface area contributed by atoms with E-state index in [-0.39, 0.29) is 5.91 Å². The number of methoxy groups -OCH3 is 2. The van der Waals surface area contributed by atoms with Crippen LogP contribution in [0.15, 0.2) is 54.6 Å². The van der Waals surface area contributed by atoms with Gasteiger partial charge in [0.25, 0.3) is 5.91 Å². The lowest BCUT2D eigenvalue weighted by Gasteiger charge is -2.12. The smallest absolute Gasteiger partial charge is 0.256 e. The fourth-order valence-corrected chi connectivity index (χ4v) is 3.43. The molecule has 0 atom stereocenters. The number of nitrogens with zero attached hydrogens (tertiary/aromatic N) is 3. The first-order chi connectivity index (χ1) is 14.5. The zero-order chi connectivity index (χ0) is 21.3. The molecule has 0 unspecified atom stereocenters. The lowest BCUT2D eigenvalue weighted by atomic mass is 10.1. The van der Waals surface area contributed by atoms with Crippen LogP contribution in [0.2, 0.25) is 0 Å². The Kier molecular flexibility index (Phi) is 5.10. The first-order valence-corrected chi connectivity index (χ1v) is 9.47. The molecule has 4 aromatic rings. The van der Waals surface area contributed by atoms with Crippen LogP contribution in [0.1, 0.15) is 21.7 Å². The van der Waals surface area contributed by atoms with Crippen molar-refractivity contribution in [2.24, 2.45) is 0 Å². The summed E-state index contributed by atoms with van der Waals surface area (Å²) in [6.07, 6.45) is 0. The van der Waals surface area contributed by atoms with Gasteiger partial charge in [-0.1, -0.05) is 18.2 Å². The molecule has 0 aliphatic rings. The molecule has 0 fully saturated rings. The second-order valence-corrected chi connectivity index (χ2v) is 6.86. The third-order valence-electron chi connectivity index (χ3n) is 4.84. The summed E-state index contributed by atoms with van der Waals surface area (Å²) in [5.41, 5.74) is 4.05. The summed E-state index contributed by atoms with van der Waals surface area (Å²) >= 11 is 0. The highest BCUT2D eigenvalue weighted by Crippen LogP contribution is 2.31. The lowest BCUT2D eigenvalue weighted by Crippen LogP contribution is -2.14. The molecular weight excluding hydrogens is 380 g/mol. The molecule has 0 radical (unpaired) electrons. The summed E-state index contributed by atoms with van der Waals surface area (Å²) in [5, 5.41) is 8.30. The van der Waals surface area contributed by atoms with Crippen molar-refractivity contribution < 1.29 is 14.3 Å². The van der Waals surface area contributed by atoms with E-state index in [9.17, 15) is 4.79 Å². The number of aryl methyl sites for hydroxylation is 2. The molecule has 0 spiro atoms. The molecule has 4 rings (SSSR count). The van der Waals surface area contributed by atoms with Crippen molar-refractivity contribution in [3.63, 3.8) is 0 Å². The topological polar surface area (TPSA) is 78.3 Å². The average molecular weight is 402 g/mol. The summed E-state index contributed by atoms with van der Waals surface area (Å²) in [7, 11) is 3.13. The maximum Gasteiger partial charge on any atom is 0.256 e. The maximum atomic E-state index is 13.2. The first kappa shape index (κ1) is 19.4. The molecule has 0 aliphatic carbocycles. The number of fused-ring (bicyclic) bond motifs is 1. The zero-order valence-electron chi connectivity index (χ0n) is 17.3. The number of amides is 1. The number of carbonyl (C=O) groups is 1. The molecule has 0 saturated carbocycles. The van der Waals surface area contributed by atoms with Gasteiger partial charge < -0.3 is 14.8 Å². The van der Waals surface area contributed by atoms with Gasteiger partial charge in [0.1, 0.15) is 11.5 Å². The number of rotatable bonds is 5. The van der Waals surface area contributed by atoms with Gasteiger partial charge in [-0.3, -0.25) is 4.79 Å². The highest BCUT2D eigenvalue weighted by Gasteiger charge is 2.20. The van der Waals surface area contributed by atoms with Crippen LogP contribution in [0.25, 0.3) is 16.7 Å². The Bertz CT molecular complexity index is 1230. The van der Waals surface area contributed by atoms with Crippen LogP contribution in [0.3, 0.4) is 0 Å². The summed E-state index contributed by atoms with van der Waals surface area (Å²) in [5.74, 6) is 0.901. The van der Waals surface area contributed by atoms with Crippen molar-refractivity contribution in [3.8, 4) is 17.2 Å². The van der Waals surface area contributed by atoms with Gasteiger partial charge in [0.2, 0.25) is 0 Å². The number of anilines is 1. The third-order valence-corrected chi connectivity index (χ3v) is 4.84. The molecule has 7 nitrogen and oxygen atoms in total. The van der Waals surface area contributed by atoms with Gasteiger partial charge in [0.15, 0.2) is 5.65 Å². The Balaban J connectivity index is 1.80. The van der Waals surface area contributed by atoms with Gasteiger partial charge in [-0.15, -0.1) is 0 Å². The number of pyridine rings is 1. The number of aromatic nitrogens is 3. The molecule has 0 aliphatic heterocycles. The van der Waals surface area contributed by atoms with E-state index in [0.29, 0.717) is 28.4 Å². The van der Waals surface area contributed by atoms with Crippen molar-refractivity contribution in [2.45, 2.75) is 13.8 Å². The Morgan fingerprint density at radius 1 is 1.00 bits per heavy atom. The first-order valence-electron chi connectivity index (χ1n) is 9.47. The van der Waals surface area contributed by atoms with Crippen LogP contribution in [-0.4, -0.2) is 34.9 Å². The van der Waals surface area contributed by atoms with Crippen molar-refractivity contribution in [1.29, 1.82) is 0 Å². The van der Waals surface area contributed by atoms with Gasteiger partial charge in [-0.25, -0.2) is 9.67 Å². The highest BCUT2D eigenvalue weighted by atomic mass is 16.5. The molecule has 0 bridgehead atoms. The normalized spacial score (nSPS) is 10.8.